The molecule has 0 radical (unpaired) electrons. The molecule has 2 aromatic heterocycles. The Morgan fingerprint density at radius 2 is 1.89 bits per heavy atom. The third kappa shape index (κ3) is 6.54. The van der Waals surface area contributed by atoms with E-state index < -0.39 is 0 Å². The van der Waals surface area contributed by atoms with Gasteiger partial charge in [0.2, 0.25) is 17.6 Å². The molecule has 1 saturated heterocycles. The maximum atomic E-state index is 13.1. The summed E-state index contributed by atoms with van der Waals surface area (Å²) in [5.41, 5.74) is 0.840. The molecule has 1 unspecified atom stereocenters. The molecule has 0 aliphatic carbocycles. The highest BCUT2D eigenvalue weighted by Gasteiger charge is 2.30. The van der Waals surface area contributed by atoms with E-state index in [1.165, 1.54) is 11.8 Å². The summed E-state index contributed by atoms with van der Waals surface area (Å²) in [6, 6.07) is 11.2. The van der Waals surface area contributed by atoms with Gasteiger partial charge in [-0.25, -0.2) is 0 Å². The normalized spacial score (nSPS) is 15.7. The van der Waals surface area contributed by atoms with Crippen molar-refractivity contribution >= 4 is 23.6 Å². The Bertz CT molecular complexity index is 1160. The largest absolute Gasteiger partial charge is 0.497 e. The number of unbranched alkanes of at least 4 members (excludes halogenated alkanes) is 3. The van der Waals surface area contributed by atoms with Crippen molar-refractivity contribution < 1.29 is 18.7 Å². The molecule has 1 aliphatic heterocycles. The molecular weight excluding hydrogens is 490 g/mol. The first-order valence-electron chi connectivity index (χ1n) is 12.9. The van der Waals surface area contributed by atoms with E-state index in [9.17, 15) is 9.59 Å². The number of nitrogens with zero attached hydrogens (tertiary/aromatic N) is 5. The lowest BCUT2D eigenvalue weighted by Gasteiger charge is -2.40. The van der Waals surface area contributed by atoms with Crippen LogP contribution >= 0.6 is 11.8 Å². The second kappa shape index (κ2) is 12.8. The van der Waals surface area contributed by atoms with Gasteiger partial charge >= 0.3 is 0 Å². The van der Waals surface area contributed by atoms with Gasteiger partial charge in [-0.1, -0.05) is 37.9 Å². The Morgan fingerprint density at radius 3 is 2.57 bits per heavy atom. The SMILES string of the molecule is CCCCCCC(=O)N1CCN(C(=O)CSc2nnc(-c3ccco3)n2-c2ccc(OC)cc2)CC1C. The van der Waals surface area contributed by atoms with E-state index in [-0.39, 0.29) is 23.6 Å². The topological polar surface area (TPSA) is 93.7 Å². The number of carbonyl (C=O) groups is 2. The molecule has 0 N–H and O–H groups in total. The van der Waals surface area contributed by atoms with Gasteiger partial charge in [0.15, 0.2) is 10.9 Å². The number of carbonyl (C=O) groups excluding carboxylic acids is 2. The molecule has 4 rings (SSSR count). The van der Waals surface area contributed by atoms with Crippen molar-refractivity contribution in [3.05, 3.63) is 42.7 Å². The van der Waals surface area contributed by atoms with Crippen LogP contribution in [0.3, 0.4) is 0 Å². The molecular formula is C27H35N5O4S. The quantitative estimate of drug-likeness (QED) is 0.266. The second-order valence-corrected chi connectivity index (χ2v) is 10.1. The second-order valence-electron chi connectivity index (χ2n) is 9.19. The Morgan fingerprint density at radius 1 is 1.08 bits per heavy atom. The molecule has 1 aromatic carbocycles. The van der Waals surface area contributed by atoms with Gasteiger partial charge in [-0.3, -0.25) is 14.2 Å². The van der Waals surface area contributed by atoms with Crippen LogP contribution in [0, 0.1) is 0 Å². The first kappa shape index (κ1) is 26.8. The smallest absolute Gasteiger partial charge is 0.233 e. The highest BCUT2D eigenvalue weighted by atomic mass is 32.2. The van der Waals surface area contributed by atoms with E-state index >= 15 is 0 Å². The summed E-state index contributed by atoms with van der Waals surface area (Å²) in [6.45, 7) is 5.86. The molecule has 2 amide bonds. The fourth-order valence-corrected chi connectivity index (χ4v) is 5.37. The number of thioether (sulfide) groups is 1. The number of hydrogen-bond acceptors (Lipinski definition) is 7. The summed E-state index contributed by atoms with van der Waals surface area (Å²) in [4.78, 5) is 29.5. The lowest BCUT2D eigenvalue weighted by molar-refractivity contribution is -0.141. The minimum Gasteiger partial charge on any atom is -0.497 e. The molecule has 37 heavy (non-hydrogen) atoms. The average Bonchev–Trinajstić information content (AvgIpc) is 3.60. The van der Waals surface area contributed by atoms with Crippen molar-refractivity contribution in [2.24, 2.45) is 0 Å². The lowest BCUT2D eigenvalue weighted by Crippen LogP contribution is -2.55. The van der Waals surface area contributed by atoms with E-state index in [4.69, 9.17) is 9.15 Å². The van der Waals surface area contributed by atoms with Gasteiger partial charge < -0.3 is 19.0 Å². The van der Waals surface area contributed by atoms with Crippen LogP contribution in [0.2, 0.25) is 0 Å². The Kier molecular flexibility index (Phi) is 9.27. The Labute approximate surface area is 222 Å². The zero-order chi connectivity index (χ0) is 26.2. The summed E-state index contributed by atoms with van der Waals surface area (Å²) in [5.74, 6) is 2.34. The molecule has 1 atom stereocenters. The van der Waals surface area contributed by atoms with Gasteiger partial charge in [0, 0.05) is 32.1 Å². The minimum absolute atomic E-state index is 0.00915. The van der Waals surface area contributed by atoms with Gasteiger partial charge in [0.25, 0.3) is 0 Å². The maximum Gasteiger partial charge on any atom is 0.233 e. The molecule has 198 valence electrons. The van der Waals surface area contributed by atoms with E-state index in [0.717, 1.165) is 37.1 Å². The van der Waals surface area contributed by atoms with E-state index in [1.807, 2.05) is 51.6 Å². The van der Waals surface area contributed by atoms with Gasteiger partial charge in [0.05, 0.1) is 24.8 Å². The van der Waals surface area contributed by atoms with Gasteiger partial charge in [0.1, 0.15) is 5.75 Å². The molecule has 3 heterocycles. The molecule has 0 saturated carbocycles. The summed E-state index contributed by atoms with van der Waals surface area (Å²) in [6.07, 6.45) is 6.53. The number of ether oxygens (including phenoxy) is 1. The number of benzene rings is 1. The first-order valence-corrected chi connectivity index (χ1v) is 13.8. The number of piperazine rings is 1. The molecule has 10 heteroatoms. The van der Waals surface area contributed by atoms with Crippen LogP contribution in [-0.4, -0.2) is 74.9 Å². The van der Waals surface area contributed by atoms with Gasteiger partial charge in [-0.2, -0.15) is 0 Å². The number of aromatic nitrogens is 3. The summed E-state index contributed by atoms with van der Waals surface area (Å²) < 4.78 is 12.7. The zero-order valence-electron chi connectivity index (χ0n) is 21.8. The van der Waals surface area contributed by atoms with E-state index in [1.54, 1.807) is 19.4 Å². The number of rotatable bonds is 11. The van der Waals surface area contributed by atoms with Crippen molar-refractivity contribution in [1.29, 1.82) is 0 Å². The minimum atomic E-state index is 0.00915. The summed E-state index contributed by atoms with van der Waals surface area (Å²) >= 11 is 1.34. The Balaban J connectivity index is 1.39. The summed E-state index contributed by atoms with van der Waals surface area (Å²) in [5, 5.41) is 9.30. The maximum absolute atomic E-state index is 13.1. The van der Waals surface area contributed by atoms with Crippen LogP contribution in [0.5, 0.6) is 5.75 Å². The van der Waals surface area contributed by atoms with Crippen molar-refractivity contribution in [3.8, 4) is 23.0 Å². The standard InChI is InChI=1S/C27H35N5O4S/c1-4-5-6-7-10-24(33)31-16-15-30(18-20(31)2)25(34)19-37-27-29-28-26(23-9-8-17-36-23)32(27)21-11-13-22(35-3)14-12-21/h8-9,11-14,17,20H,4-7,10,15-16,18-19H2,1-3H3. The zero-order valence-corrected chi connectivity index (χ0v) is 22.6. The molecule has 0 bridgehead atoms. The molecule has 3 aromatic rings. The predicted molar refractivity (Wildman–Crippen MR) is 143 cm³/mol. The number of amides is 2. The predicted octanol–water partition coefficient (Wildman–Crippen LogP) is 4.66. The van der Waals surface area contributed by atoms with Crippen molar-refractivity contribution in [2.75, 3.05) is 32.5 Å². The fourth-order valence-electron chi connectivity index (χ4n) is 4.51. The summed E-state index contributed by atoms with van der Waals surface area (Å²) in [7, 11) is 1.62. The highest BCUT2D eigenvalue weighted by molar-refractivity contribution is 7.99. The fraction of sp³-hybridized carbons (Fsp3) is 0.481. The van der Waals surface area contributed by atoms with E-state index in [0.29, 0.717) is 42.8 Å². The number of hydrogen-bond donors (Lipinski definition) is 0. The monoisotopic (exact) mass is 525 g/mol. The molecule has 0 spiro atoms. The Hall–Kier alpha value is -3.27. The average molecular weight is 526 g/mol. The van der Waals surface area contributed by atoms with Crippen LogP contribution in [0.1, 0.15) is 46.0 Å². The van der Waals surface area contributed by atoms with Crippen molar-refractivity contribution in [2.45, 2.75) is 57.1 Å². The number of methoxy groups -OCH3 is 1. The van der Waals surface area contributed by atoms with Crippen LogP contribution in [-0.2, 0) is 9.59 Å². The van der Waals surface area contributed by atoms with Crippen molar-refractivity contribution in [1.82, 2.24) is 24.6 Å². The third-order valence-corrected chi connectivity index (χ3v) is 7.49. The van der Waals surface area contributed by atoms with Crippen LogP contribution in [0.25, 0.3) is 17.3 Å². The lowest BCUT2D eigenvalue weighted by atomic mass is 10.1. The van der Waals surface area contributed by atoms with Crippen LogP contribution in [0.4, 0.5) is 0 Å². The van der Waals surface area contributed by atoms with Crippen LogP contribution in [0.15, 0.2) is 52.2 Å². The van der Waals surface area contributed by atoms with Gasteiger partial charge in [-0.15, -0.1) is 10.2 Å². The highest BCUT2D eigenvalue weighted by Crippen LogP contribution is 2.29. The van der Waals surface area contributed by atoms with Gasteiger partial charge in [-0.05, 0) is 49.7 Å². The molecule has 1 aliphatic rings. The third-order valence-electron chi connectivity index (χ3n) is 6.58. The molecule has 1 fully saturated rings. The van der Waals surface area contributed by atoms with Crippen molar-refractivity contribution in [3.63, 3.8) is 0 Å². The van der Waals surface area contributed by atoms with E-state index in [2.05, 4.69) is 17.1 Å². The van der Waals surface area contributed by atoms with Crippen LogP contribution < -0.4 is 4.74 Å². The number of furan rings is 1. The first-order chi connectivity index (χ1) is 18.0. The molecule has 9 nitrogen and oxygen atoms in total.